The molecule has 1 N–H and O–H groups in total. The molecule has 0 fully saturated rings. The molecule has 0 amide bonds. The number of fused-ring (bicyclic) bond motifs is 2. The van der Waals surface area contributed by atoms with E-state index in [1.807, 2.05) is 0 Å². The van der Waals surface area contributed by atoms with Crippen LogP contribution in [0.4, 0.5) is 19.0 Å². The second kappa shape index (κ2) is 8.78. The lowest BCUT2D eigenvalue weighted by molar-refractivity contribution is -0.198. The van der Waals surface area contributed by atoms with Gasteiger partial charge in [0, 0.05) is 22.7 Å². The maximum Gasteiger partial charge on any atom is 0.429 e. The number of ether oxygens (including phenoxy) is 1. The summed E-state index contributed by atoms with van der Waals surface area (Å²) in [5.41, 5.74) is 0.242. The molecule has 0 radical (unpaired) electrons. The van der Waals surface area contributed by atoms with Crippen LogP contribution in [-0.4, -0.2) is 29.5 Å². The molecule has 0 spiro atoms. The molecular weight excluding hydrogens is 501 g/mol. The molecule has 3 aromatic heterocycles. The Morgan fingerprint density at radius 2 is 1.66 bits per heavy atom. The van der Waals surface area contributed by atoms with Gasteiger partial charge < -0.3 is 4.74 Å². The van der Waals surface area contributed by atoms with Gasteiger partial charge in [-0.25, -0.2) is 18.4 Å². The van der Waals surface area contributed by atoms with Gasteiger partial charge >= 0.3 is 6.18 Å². The number of para-hydroxylation sites is 2. The summed E-state index contributed by atoms with van der Waals surface area (Å²) in [5.74, 6) is -1.07. The number of nitrogens with one attached hydrogen (secondary N) is 1. The summed E-state index contributed by atoms with van der Waals surface area (Å²) in [6, 6.07) is 17.5. The highest BCUT2D eigenvalue weighted by Crippen LogP contribution is 2.39. The SMILES string of the molecule is O=S(=O)(Nc1nc2ccccc2nc1OC(c1cccnc1)C(F)(F)F)c1cc2ccccc2s1. The van der Waals surface area contributed by atoms with Crippen LogP contribution >= 0.6 is 11.3 Å². The largest absolute Gasteiger partial charge is 0.457 e. The van der Waals surface area contributed by atoms with Crippen LogP contribution in [-0.2, 0) is 10.0 Å². The fraction of sp³-hybridized carbons (Fsp3) is 0.0870. The summed E-state index contributed by atoms with van der Waals surface area (Å²) >= 11 is 1.02. The van der Waals surface area contributed by atoms with E-state index in [9.17, 15) is 21.6 Å². The summed E-state index contributed by atoms with van der Waals surface area (Å²) in [6.07, 6.45) is -4.93. The van der Waals surface area contributed by atoms with Crippen LogP contribution in [0.15, 0.2) is 83.3 Å². The van der Waals surface area contributed by atoms with E-state index in [1.54, 1.807) is 42.5 Å². The van der Waals surface area contributed by atoms with Gasteiger partial charge in [-0.2, -0.15) is 13.2 Å². The first-order chi connectivity index (χ1) is 16.7. The predicted molar refractivity (Wildman–Crippen MR) is 126 cm³/mol. The van der Waals surface area contributed by atoms with Gasteiger partial charge in [0.15, 0.2) is 0 Å². The number of nitrogens with zero attached hydrogens (tertiary/aromatic N) is 3. The van der Waals surface area contributed by atoms with E-state index >= 15 is 0 Å². The third-order valence-electron chi connectivity index (χ3n) is 4.95. The Morgan fingerprint density at radius 1 is 0.943 bits per heavy atom. The van der Waals surface area contributed by atoms with Crippen molar-refractivity contribution in [2.75, 3.05) is 4.72 Å². The van der Waals surface area contributed by atoms with Gasteiger partial charge in [-0.15, -0.1) is 11.3 Å². The van der Waals surface area contributed by atoms with Crippen molar-refractivity contribution in [3.8, 4) is 5.88 Å². The van der Waals surface area contributed by atoms with Crippen molar-refractivity contribution < 1.29 is 26.3 Å². The Morgan fingerprint density at radius 3 is 2.34 bits per heavy atom. The molecule has 2 aromatic carbocycles. The number of halogens is 3. The van der Waals surface area contributed by atoms with Crippen LogP contribution < -0.4 is 9.46 Å². The molecule has 0 bridgehead atoms. The molecule has 5 rings (SSSR count). The first-order valence-electron chi connectivity index (χ1n) is 10.1. The van der Waals surface area contributed by atoms with E-state index in [4.69, 9.17) is 4.74 Å². The van der Waals surface area contributed by atoms with Crippen molar-refractivity contribution in [3.05, 3.63) is 84.7 Å². The Kier molecular flexibility index (Phi) is 5.77. The van der Waals surface area contributed by atoms with Gasteiger partial charge in [0.05, 0.1) is 11.0 Å². The summed E-state index contributed by atoms with van der Waals surface area (Å²) in [4.78, 5) is 12.1. The molecule has 0 aliphatic rings. The second-order valence-corrected chi connectivity index (χ2v) is 10.4. The van der Waals surface area contributed by atoms with Crippen LogP contribution in [0.25, 0.3) is 21.1 Å². The van der Waals surface area contributed by atoms with E-state index < -0.39 is 34.0 Å². The van der Waals surface area contributed by atoms with Crippen molar-refractivity contribution in [1.29, 1.82) is 0 Å². The monoisotopic (exact) mass is 516 g/mol. The number of alkyl halides is 3. The molecule has 0 aliphatic heterocycles. The first kappa shape index (κ1) is 23.0. The van der Waals surface area contributed by atoms with E-state index in [1.165, 1.54) is 30.5 Å². The molecule has 1 unspecified atom stereocenters. The molecule has 5 aromatic rings. The lowest BCUT2D eigenvalue weighted by Crippen LogP contribution is -2.27. The van der Waals surface area contributed by atoms with Crippen LogP contribution in [0.1, 0.15) is 11.7 Å². The minimum atomic E-state index is -4.84. The van der Waals surface area contributed by atoms with E-state index in [0.717, 1.165) is 22.2 Å². The number of hydrogen-bond donors (Lipinski definition) is 1. The normalized spacial score (nSPS) is 13.1. The van der Waals surface area contributed by atoms with Crippen molar-refractivity contribution in [2.24, 2.45) is 0 Å². The fourth-order valence-electron chi connectivity index (χ4n) is 3.37. The van der Waals surface area contributed by atoms with Crippen LogP contribution in [0.5, 0.6) is 5.88 Å². The van der Waals surface area contributed by atoms with E-state index in [-0.39, 0.29) is 20.8 Å². The Bertz CT molecular complexity index is 1590. The lowest BCUT2D eigenvalue weighted by atomic mass is 10.1. The van der Waals surface area contributed by atoms with E-state index in [2.05, 4.69) is 19.7 Å². The number of sulfonamides is 1. The lowest BCUT2D eigenvalue weighted by Gasteiger charge is -2.22. The van der Waals surface area contributed by atoms with Crippen molar-refractivity contribution >= 4 is 48.3 Å². The van der Waals surface area contributed by atoms with Gasteiger partial charge in [0.25, 0.3) is 15.9 Å². The van der Waals surface area contributed by atoms with Crippen LogP contribution in [0.2, 0.25) is 0 Å². The van der Waals surface area contributed by atoms with Gasteiger partial charge in [-0.1, -0.05) is 36.4 Å². The maximum atomic E-state index is 13.9. The highest BCUT2D eigenvalue weighted by Gasteiger charge is 2.44. The van der Waals surface area contributed by atoms with Gasteiger partial charge in [0.1, 0.15) is 4.21 Å². The smallest absolute Gasteiger partial charge is 0.429 e. The van der Waals surface area contributed by atoms with Gasteiger partial charge in [-0.3, -0.25) is 9.71 Å². The molecule has 0 saturated heterocycles. The van der Waals surface area contributed by atoms with Gasteiger partial charge in [0.2, 0.25) is 11.9 Å². The number of pyridine rings is 1. The van der Waals surface area contributed by atoms with Crippen LogP contribution in [0.3, 0.4) is 0 Å². The molecule has 178 valence electrons. The van der Waals surface area contributed by atoms with Crippen molar-refractivity contribution in [3.63, 3.8) is 0 Å². The zero-order valence-electron chi connectivity index (χ0n) is 17.6. The number of aromatic nitrogens is 3. The number of benzene rings is 2. The highest BCUT2D eigenvalue weighted by atomic mass is 32.2. The molecule has 1 atom stereocenters. The fourth-order valence-corrected chi connectivity index (χ4v) is 5.76. The first-order valence-corrected chi connectivity index (χ1v) is 12.4. The van der Waals surface area contributed by atoms with Crippen molar-refractivity contribution in [1.82, 2.24) is 15.0 Å². The standard InChI is InChI=1S/C23H15F3N4O3S2/c24-23(25,26)20(15-7-5-11-27-13-15)33-22-21(28-16-8-2-3-9-17(16)29-22)30-35(31,32)19-12-14-6-1-4-10-18(14)34-19/h1-13,20H,(H,28,30). The highest BCUT2D eigenvalue weighted by molar-refractivity contribution is 7.94. The maximum absolute atomic E-state index is 13.9. The molecular formula is C23H15F3N4O3S2. The zero-order chi connectivity index (χ0) is 24.6. The summed E-state index contributed by atoms with van der Waals surface area (Å²) in [5, 5.41) is 0.715. The third kappa shape index (κ3) is 4.75. The van der Waals surface area contributed by atoms with Gasteiger partial charge in [-0.05, 0) is 35.7 Å². The Labute approximate surface area is 201 Å². The number of hydrogen-bond acceptors (Lipinski definition) is 7. The zero-order valence-corrected chi connectivity index (χ0v) is 19.2. The molecule has 0 saturated carbocycles. The molecule has 3 heterocycles. The minimum absolute atomic E-state index is 0.0285. The summed E-state index contributed by atoms with van der Waals surface area (Å²) in [7, 11) is -4.21. The minimum Gasteiger partial charge on any atom is -0.457 e. The Balaban J connectivity index is 1.59. The number of rotatable bonds is 6. The molecule has 0 aliphatic carbocycles. The molecule has 7 nitrogen and oxygen atoms in total. The number of thiophene rings is 1. The molecule has 35 heavy (non-hydrogen) atoms. The summed E-state index contributed by atoms with van der Waals surface area (Å²) in [6.45, 7) is 0. The predicted octanol–water partition coefficient (Wildman–Crippen LogP) is 5.72. The van der Waals surface area contributed by atoms with E-state index in [0.29, 0.717) is 5.39 Å². The van der Waals surface area contributed by atoms with Crippen LogP contribution in [0, 0.1) is 0 Å². The molecule has 12 heteroatoms. The second-order valence-electron chi connectivity index (χ2n) is 7.40. The average molecular weight is 517 g/mol. The number of anilines is 1. The van der Waals surface area contributed by atoms with Crippen molar-refractivity contribution in [2.45, 2.75) is 16.5 Å². The topological polar surface area (TPSA) is 94.1 Å². The average Bonchev–Trinajstić information content (AvgIpc) is 3.28. The summed E-state index contributed by atoms with van der Waals surface area (Å²) < 4.78 is 76.3. The quantitative estimate of drug-likeness (QED) is 0.310. The Hall–Kier alpha value is -3.77. The third-order valence-corrected chi connectivity index (χ3v) is 7.88.